The van der Waals surface area contributed by atoms with Crippen LogP contribution < -0.4 is 5.32 Å². The van der Waals surface area contributed by atoms with Gasteiger partial charge in [-0.25, -0.2) is 4.98 Å². The van der Waals surface area contributed by atoms with Crippen molar-refractivity contribution in [2.24, 2.45) is 11.8 Å². The molecule has 0 spiro atoms. The molecule has 0 aliphatic heterocycles. The number of aryl methyl sites for hydroxylation is 1. The highest BCUT2D eigenvalue weighted by Gasteiger charge is 2.08. The summed E-state index contributed by atoms with van der Waals surface area (Å²) >= 11 is 1.73. The summed E-state index contributed by atoms with van der Waals surface area (Å²) in [6.45, 7) is 13.1. The number of hydrogen-bond donors (Lipinski definition) is 1. The van der Waals surface area contributed by atoms with E-state index in [0.717, 1.165) is 37.1 Å². The first-order chi connectivity index (χ1) is 8.47. The summed E-state index contributed by atoms with van der Waals surface area (Å²) in [4.78, 5) is 6.86. The zero-order valence-corrected chi connectivity index (χ0v) is 13.2. The molecule has 0 saturated heterocycles. The van der Waals surface area contributed by atoms with Gasteiger partial charge in [0.25, 0.3) is 0 Å². The summed E-state index contributed by atoms with van der Waals surface area (Å²) in [5.41, 5.74) is 1.20. The first kappa shape index (κ1) is 15.6. The van der Waals surface area contributed by atoms with Crippen LogP contribution in [0.5, 0.6) is 0 Å². The third-order valence-corrected chi connectivity index (χ3v) is 3.59. The highest BCUT2D eigenvalue weighted by molar-refractivity contribution is 7.09. The molecule has 0 amide bonds. The molecule has 1 atom stereocenters. The predicted octanol–water partition coefficient (Wildman–Crippen LogP) is 2.77. The Morgan fingerprint density at radius 1 is 1.33 bits per heavy atom. The van der Waals surface area contributed by atoms with Gasteiger partial charge in [-0.3, -0.25) is 0 Å². The molecule has 0 aliphatic carbocycles. The van der Waals surface area contributed by atoms with Crippen molar-refractivity contribution >= 4 is 11.3 Å². The van der Waals surface area contributed by atoms with Crippen LogP contribution >= 0.6 is 11.3 Å². The lowest BCUT2D eigenvalue weighted by Crippen LogP contribution is -2.32. The number of nitrogens with zero attached hydrogens (tertiary/aromatic N) is 2. The Morgan fingerprint density at radius 3 is 2.61 bits per heavy atom. The van der Waals surface area contributed by atoms with Gasteiger partial charge in [-0.1, -0.05) is 20.8 Å². The summed E-state index contributed by atoms with van der Waals surface area (Å²) in [5.74, 6) is 1.40. The molecule has 0 saturated carbocycles. The normalized spacial score (nSPS) is 13.5. The van der Waals surface area contributed by atoms with Crippen LogP contribution in [0.25, 0.3) is 0 Å². The topological polar surface area (TPSA) is 28.2 Å². The summed E-state index contributed by atoms with van der Waals surface area (Å²) in [5, 5.41) is 6.84. The Morgan fingerprint density at radius 2 is 2.06 bits per heavy atom. The molecule has 1 unspecified atom stereocenters. The van der Waals surface area contributed by atoms with Crippen molar-refractivity contribution in [2.75, 3.05) is 26.7 Å². The summed E-state index contributed by atoms with van der Waals surface area (Å²) in [7, 11) is 2.17. The van der Waals surface area contributed by atoms with Gasteiger partial charge in [0.05, 0.1) is 10.7 Å². The van der Waals surface area contributed by atoms with Gasteiger partial charge in [0.15, 0.2) is 0 Å². The average Bonchev–Trinajstić information content (AvgIpc) is 2.62. The average molecular weight is 269 g/mol. The van der Waals surface area contributed by atoms with Crippen molar-refractivity contribution in [2.45, 2.75) is 34.2 Å². The van der Waals surface area contributed by atoms with Gasteiger partial charge in [-0.15, -0.1) is 11.3 Å². The van der Waals surface area contributed by atoms with Crippen LogP contribution in [0.2, 0.25) is 0 Å². The lowest BCUT2D eigenvalue weighted by Gasteiger charge is -2.21. The van der Waals surface area contributed by atoms with E-state index < -0.39 is 0 Å². The Bertz CT molecular complexity index is 336. The number of nitrogens with one attached hydrogen (secondary N) is 1. The van der Waals surface area contributed by atoms with Crippen molar-refractivity contribution in [1.82, 2.24) is 15.2 Å². The molecule has 0 bridgehead atoms. The standard InChI is InChI=1S/C14H27N3S/c1-11(2)6-15-7-12(3)8-17(5)9-14-10-18-13(4)16-14/h10-12,15H,6-9H2,1-5H3. The lowest BCUT2D eigenvalue weighted by molar-refractivity contribution is 0.270. The van der Waals surface area contributed by atoms with Crippen molar-refractivity contribution < 1.29 is 0 Å². The zero-order chi connectivity index (χ0) is 13.5. The van der Waals surface area contributed by atoms with E-state index in [4.69, 9.17) is 0 Å². The molecule has 1 N–H and O–H groups in total. The third-order valence-electron chi connectivity index (χ3n) is 2.77. The van der Waals surface area contributed by atoms with Crippen LogP contribution in [0, 0.1) is 18.8 Å². The second kappa shape index (κ2) is 7.87. The molecular weight excluding hydrogens is 242 g/mol. The maximum Gasteiger partial charge on any atom is 0.0897 e. The Balaban J connectivity index is 2.20. The SMILES string of the molecule is Cc1nc(CN(C)CC(C)CNCC(C)C)cs1. The summed E-state index contributed by atoms with van der Waals surface area (Å²) < 4.78 is 0. The molecule has 104 valence electrons. The largest absolute Gasteiger partial charge is 0.316 e. The van der Waals surface area contributed by atoms with E-state index in [1.165, 1.54) is 5.69 Å². The maximum atomic E-state index is 4.50. The van der Waals surface area contributed by atoms with Gasteiger partial charge in [-0.2, -0.15) is 0 Å². The van der Waals surface area contributed by atoms with E-state index in [2.05, 4.69) is 55.3 Å². The van der Waals surface area contributed by atoms with Crippen LogP contribution in [0.3, 0.4) is 0 Å². The van der Waals surface area contributed by atoms with Crippen LogP contribution in [-0.4, -0.2) is 36.6 Å². The number of rotatable bonds is 8. The molecule has 1 heterocycles. The van der Waals surface area contributed by atoms with Gasteiger partial charge in [-0.05, 0) is 38.9 Å². The third kappa shape index (κ3) is 6.47. The lowest BCUT2D eigenvalue weighted by atomic mass is 10.1. The van der Waals surface area contributed by atoms with Gasteiger partial charge >= 0.3 is 0 Å². The van der Waals surface area contributed by atoms with Gasteiger partial charge in [0, 0.05) is 18.5 Å². The van der Waals surface area contributed by atoms with Crippen LogP contribution in [0.1, 0.15) is 31.5 Å². The monoisotopic (exact) mass is 269 g/mol. The van der Waals surface area contributed by atoms with E-state index in [0.29, 0.717) is 5.92 Å². The van der Waals surface area contributed by atoms with E-state index in [-0.39, 0.29) is 0 Å². The Hall–Kier alpha value is -0.450. The van der Waals surface area contributed by atoms with Crippen molar-refractivity contribution in [3.63, 3.8) is 0 Å². The van der Waals surface area contributed by atoms with E-state index in [9.17, 15) is 0 Å². The molecule has 4 heteroatoms. The molecule has 18 heavy (non-hydrogen) atoms. The first-order valence-electron chi connectivity index (χ1n) is 6.77. The predicted molar refractivity (Wildman–Crippen MR) is 80.1 cm³/mol. The quantitative estimate of drug-likeness (QED) is 0.786. The highest BCUT2D eigenvalue weighted by Crippen LogP contribution is 2.10. The summed E-state index contributed by atoms with van der Waals surface area (Å²) in [6.07, 6.45) is 0. The molecule has 0 radical (unpaired) electrons. The molecular formula is C14H27N3S. The maximum absolute atomic E-state index is 4.50. The van der Waals surface area contributed by atoms with Crippen LogP contribution in [-0.2, 0) is 6.54 Å². The molecule has 0 aliphatic rings. The minimum absolute atomic E-state index is 0.675. The van der Waals surface area contributed by atoms with Gasteiger partial charge in [0.2, 0.25) is 0 Å². The number of aromatic nitrogens is 1. The summed E-state index contributed by atoms with van der Waals surface area (Å²) in [6, 6.07) is 0. The van der Waals surface area contributed by atoms with Crippen molar-refractivity contribution in [1.29, 1.82) is 0 Å². The smallest absolute Gasteiger partial charge is 0.0897 e. The second-order valence-electron chi connectivity index (χ2n) is 5.71. The molecule has 1 aromatic heterocycles. The molecule has 0 fully saturated rings. The molecule has 3 nitrogen and oxygen atoms in total. The first-order valence-corrected chi connectivity index (χ1v) is 7.65. The second-order valence-corrected chi connectivity index (χ2v) is 6.77. The van der Waals surface area contributed by atoms with Gasteiger partial charge in [0.1, 0.15) is 0 Å². The van der Waals surface area contributed by atoms with Crippen molar-refractivity contribution in [3.8, 4) is 0 Å². The van der Waals surface area contributed by atoms with E-state index in [1.54, 1.807) is 11.3 Å². The minimum Gasteiger partial charge on any atom is -0.316 e. The van der Waals surface area contributed by atoms with Gasteiger partial charge < -0.3 is 10.2 Å². The molecule has 1 aromatic rings. The zero-order valence-electron chi connectivity index (χ0n) is 12.4. The Labute approximate surface area is 116 Å². The molecule has 1 rings (SSSR count). The fourth-order valence-electron chi connectivity index (χ4n) is 2.04. The van der Waals surface area contributed by atoms with E-state index in [1.807, 2.05) is 0 Å². The number of thiazole rings is 1. The Kier molecular flexibility index (Phi) is 6.82. The minimum atomic E-state index is 0.675. The highest BCUT2D eigenvalue weighted by atomic mass is 32.1. The fourth-order valence-corrected chi connectivity index (χ4v) is 2.64. The number of hydrogen-bond acceptors (Lipinski definition) is 4. The van der Waals surface area contributed by atoms with Crippen molar-refractivity contribution in [3.05, 3.63) is 16.1 Å². The molecule has 0 aromatic carbocycles. The van der Waals surface area contributed by atoms with Crippen LogP contribution in [0.15, 0.2) is 5.38 Å². The van der Waals surface area contributed by atoms with Crippen LogP contribution in [0.4, 0.5) is 0 Å². The fraction of sp³-hybridized carbons (Fsp3) is 0.786. The van der Waals surface area contributed by atoms with E-state index >= 15 is 0 Å².